The fourth-order valence-electron chi connectivity index (χ4n) is 2.58. The maximum absolute atomic E-state index is 12.0. The second-order valence-electron chi connectivity index (χ2n) is 6.31. The van der Waals surface area contributed by atoms with Gasteiger partial charge in [-0.25, -0.2) is 4.79 Å². The van der Waals surface area contributed by atoms with E-state index >= 15 is 0 Å². The highest BCUT2D eigenvalue weighted by Crippen LogP contribution is 2.30. The number of carbonyl (C=O) groups excluding carboxylic acids is 1. The van der Waals surface area contributed by atoms with Crippen molar-refractivity contribution in [1.29, 1.82) is 0 Å². The summed E-state index contributed by atoms with van der Waals surface area (Å²) in [4.78, 5) is 12.0. The molecule has 0 bridgehead atoms. The highest BCUT2D eigenvalue weighted by atomic mass is 16.6. The number of ether oxygens (including phenoxy) is 1. The van der Waals surface area contributed by atoms with Gasteiger partial charge in [0.2, 0.25) is 0 Å². The Kier molecular flexibility index (Phi) is 5.24. The molecule has 0 spiro atoms. The summed E-state index contributed by atoms with van der Waals surface area (Å²) in [6, 6.07) is 0. The van der Waals surface area contributed by atoms with E-state index in [1.807, 2.05) is 26.8 Å². The van der Waals surface area contributed by atoms with Crippen LogP contribution in [-0.4, -0.2) is 17.2 Å². The maximum atomic E-state index is 12.0. The van der Waals surface area contributed by atoms with Gasteiger partial charge in [0.05, 0.1) is 0 Å². The molecule has 104 valence electrons. The smallest absolute Gasteiger partial charge is 0.408 e. The first-order chi connectivity index (χ1) is 8.37. The number of hydrogen-bond acceptors (Lipinski definition) is 2. The Morgan fingerprint density at radius 3 is 2.28 bits per heavy atom. The molecule has 0 radical (unpaired) electrons. The molecule has 0 saturated heterocycles. The molecular formula is C15H27NO2. The van der Waals surface area contributed by atoms with Crippen LogP contribution in [0.1, 0.15) is 65.7 Å². The second-order valence-corrected chi connectivity index (χ2v) is 6.31. The van der Waals surface area contributed by atoms with Gasteiger partial charge in [-0.1, -0.05) is 31.8 Å². The van der Waals surface area contributed by atoms with Gasteiger partial charge >= 0.3 is 6.09 Å². The Balaban J connectivity index is 2.66. The van der Waals surface area contributed by atoms with Gasteiger partial charge in [-0.15, -0.1) is 6.58 Å². The molecule has 3 heteroatoms. The van der Waals surface area contributed by atoms with Crippen molar-refractivity contribution in [1.82, 2.24) is 5.32 Å². The van der Waals surface area contributed by atoms with E-state index < -0.39 is 5.60 Å². The van der Waals surface area contributed by atoms with E-state index in [1.165, 1.54) is 25.7 Å². The van der Waals surface area contributed by atoms with Gasteiger partial charge in [-0.2, -0.15) is 0 Å². The van der Waals surface area contributed by atoms with Gasteiger partial charge < -0.3 is 10.1 Å². The zero-order valence-corrected chi connectivity index (χ0v) is 12.1. The van der Waals surface area contributed by atoms with Gasteiger partial charge in [0.15, 0.2) is 0 Å². The molecule has 0 unspecified atom stereocenters. The summed E-state index contributed by atoms with van der Waals surface area (Å²) in [6.45, 7) is 9.49. The molecular weight excluding hydrogens is 226 g/mol. The number of alkyl carbamates (subject to hydrolysis) is 1. The Morgan fingerprint density at radius 2 is 1.83 bits per heavy atom. The van der Waals surface area contributed by atoms with Crippen molar-refractivity contribution < 1.29 is 9.53 Å². The topological polar surface area (TPSA) is 38.3 Å². The van der Waals surface area contributed by atoms with Crippen molar-refractivity contribution in [2.75, 3.05) is 0 Å². The first kappa shape index (κ1) is 15.1. The second kappa shape index (κ2) is 6.26. The highest BCUT2D eigenvalue weighted by Gasteiger charge is 2.32. The summed E-state index contributed by atoms with van der Waals surface area (Å²) in [7, 11) is 0. The Labute approximate surface area is 111 Å². The third-order valence-corrected chi connectivity index (χ3v) is 3.36. The average molecular weight is 253 g/mol. The average Bonchev–Trinajstić information content (AvgIpc) is 2.41. The molecule has 1 aliphatic carbocycles. The van der Waals surface area contributed by atoms with E-state index in [0.717, 1.165) is 19.3 Å². The van der Waals surface area contributed by atoms with E-state index in [9.17, 15) is 4.79 Å². The predicted octanol–water partition coefficient (Wildman–Crippen LogP) is 4.18. The molecule has 1 rings (SSSR count). The summed E-state index contributed by atoms with van der Waals surface area (Å²) in [6.07, 6.45) is 9.34. The molecule has 1 fully saturated rings. The molecule has 1 amide bonds. The van der Waals surface area contributed by atoms with Crippen LogP contribution >= 0.6 is 0 Å². The lowest BCUT2D eigenvalue weighted by Gasteiger charge is -2.34. The lowest BCUT2D eigenvalue weighted by molar-refractivity contribution is 0.0443. The molecule has 0 heterocycles. The van der Waals surface area contributed by atoms with Crippen molar-refractivity contribution in [2.24, 2.45) is 0 Å². The molecule has 1 saturated carbocycles. The molecule has 3 nitrogen and oxygen atoms in total. The van der Waals surface area contributed by atoms with Crippen molar-refractivity contribution in [3.8, 4) is 0 Å². The van der Waals surface area contributed by atoms with Crippen LogP contribution in [0.15, 0.2) is 12.7 Å². The van der Waals surface area contributed by atoms with Gasteiger partial charge in [0.25, 0.3) is 0 Å². The Hall–Kier alpha value is -0.990. The van der Waals surface area contributed by atoms with Crippen LogP contribution in [-0.2, 0) is 4.74 Å². The predicted molar refractivity (Wildman–Crippen MR) is 74.6 cm³/mol. The highest BCUT2D eigenvalue weighted by molar-refractivity contribution is 5.68. The van der Waals surface area contributed by atoms with Crippen LogP contribution < -0.4 is 5.32 Å². The SMILES string of the molecule is C=CCC1(NC(=O)OC(C)(C)C)CCCCCC1. The minimum Gasteiger partial charge on any atom is -0.444 e. The van der Waals surface area contributed by atoms with Gasteiger partial charge in [0.1, 0.15) is 5.60 Å². The van der Waals surface area contributed by atoms with E-state index in [-0.39, 0.29) is 11.6 Å². The van der Waals surface area contributed by atoms with Gasteiger partial charge in [-0.3, -0.25) is 0 Å². The molecule has 0 aromatic rings. The summed E-state index contributed by atoms with van der Waals surface area (Å²) in [5.74, 6) is 0. The van der Waals surface area contributed by atoms with Gasteiger partial charge in [0, 0.05) is 5.54 Å². The Bertz CT molecular complexity index is 283. The van der Waals surface area contributed by atoms with Crippen molar-refractivity contribution in [2.45, 2.75) is 76.9 Å². The van der Waals surface area contributed by atoms with E-state index in [4.69, 9.17) is 4.74 Å². The normalized spacial score (nSPS) is 19.7. The van der Waals surface area contributed by atoms with Crippen molar-refractivity contribution >= 4 is 6.09 Å². The summed E-state index contributed by atoms with van der Waals surface area (Å²) in [5, 5.41) is 3.10. The number of nitrogens with one attached hydrogen (secondary N) is 1. The van der Waals surface area contributed by atoms with Crippen LogP contribution in [0, 0.1) is 0 Å². The first-order valence-electron chi connectivity index (χ1n) is 6.99. The fourth-order valence-corrected chi connectivity index (χ4v) is 2.58. The summed E-state index contributed by atoms with van der Waals surface area (Å²) in [5.41, 5.74) is -0.579. The minimum absolute atomic E-state index is 0.138. The fraction of sp³-hybridized carbons (Fsp3) is 0.800. The summed E-state index contributed by atoms with van der Waals surface area (Å²) >= 11 is 0. The molecule has 1 N–H and O–H groups in total. The van der Waals surface area contributed by atoms with Crippen LogP contribution in [0.4, 0.5) is 4.79 Å². The Morgan fingerprint density at radius 1 is 1.28 bits per heavy atom. The van der Waals surface area contributed by atoms with Crippen LogP contribution in [0.25, 0.3) is 0 Å². The zero-order chi connectivity index (χ0) is 13.6. The standard InChI is InChI=1S/C15H27NO2/c1-5-10-15(11-8-6-7-9-12-15)16-13(17)18-14(2,3)4/h5H,1,6-12H2,2-4H3,(H,16,17). The largest absolute Gasteiger partial charge is 0.444 e. The summed E-state index contributed by atoms with van der Waals surface area (Å²) < 4.78 is 5.37. The van der Waals surface area contributed by atoms with Crippen LogP contribution in [0.5, 0.6) is 0 Å². The number of rotatable bonds is 3. The minimum atomic E-state index is -0.440. The van der Waals surface area contributed by atoms with E-state index in [1.54, 1.807) is 0 Å². The number of amides is 1. The van der Waals surface area contributed by atoms with Crippen LogP contribution in [0.2, 0.25) is 0 Å². The third kappa shape index (κ3) is 5.11. The molecule has 0 aliphatic heterocycles. The first-order valence-corrected chi connectivity index (χ1v) is 6.99. The van der Waals surface area contributed by atoms with Crippen molar-refractivity contribution in [3.63, 3.8) is 0 Å². The number of carbonyl (C=O) groups is 1. The zero-order valence-electron chi connectivity index (χ0n) is 12.1. The van der Waals surface area contributed by atoms with E-state index in [2.05, 4.69) is 11.9 Å². The van der Waals surface area contributed by atoms with Crippen molar-refractivity contribution in [3.05, 3.63) is 12.7 Å². The molecule has 1 aliphatic rings. The lowest BCUT2D eigenvalue weighted by Crippen LogP contribution is -2.49. The molecule has 0 atom stereocenters. The molecule has 18 heavy (non-hydrogen) atoms. The van der Waals surface area contributed by atoms with E-state index in [0.29, 0.717) is 0 Å². The molecule has 0 aromatic carbocycles. The number of hydrogen-bond donors (Lipinski definition) is 1. The van der Waals surface area contributed by atoms with Gasteiger partial charge in [-0.05, 0) is 40.0 Å². The molecule has 0 aromatic heterocycles. The monoisotopic (exact) mass is 253 g/mol. The maximum Gasteiger partial charge on any atom is 0.408 e. The quantitative estimate of drug-likeness (QED) is 0.605. The lowest BCUT2D eigenvalue weighted by atomic mass is 9.87. The van der Waals surface area contributed by atoms with Crippen LogP contribution in [0.3, 0.4) is 0 Å². The third-order valence-electron chi connectivity index (χ3n) is 3.36.